The molecule has 1 heterocycles. The van der Waals surface area contributed by atoms with Crippen molar-refractivity contribution in [3.05, 3.63) is 28.8 Å². The van der Waals surface area contributed by atoms with Crippen molar-refractivity contribution in [2.75, 3.05) is 40.4 Å². The molecule has 1 aromatic carbocycles. The summed E-state index contributed by atoms with van der Waals surface area (Å²) in [6.07, 6.45) is 1.46. The van der Waals surface area contributed by atoms with E-state index >= 15 is 0 Å². The van der Waals surface area contributed by atoms with E-state index in [9.17, 15) is 8.42 Å². The first-order valence-electron chi connectivity index (χ1n) is 7.83. The molecule has 0 radical (unpaired) electrons. The number of nitrogens with zero attached hydrogens (tertiary/aromatic N) is 2. The minimum Gasteiger partial charge on any atom is -0.381 e. The zero-order valence-corrected chi connectivity index (χ0v) is 15.5. The summed E-state index contributed by atoms with van der Waals surface area (Å²) in [5.41, 5.74) is 0.607. The Hall–Kier alpha value is -0.660. The van der Waals surface area contributed by atoms with Gasteiger partial charge in [-0.3, -0.25) is 0 Å². The molecular formula is C16H25ClN2O3S. The van der Waals surface area contributed by atoms with E-state index in [0.29, 0.717) is 41.8 Å². The Morgan fingerprint density at radius 1 is 1.22 bits per heavy atom. The van der Waals surface area contributed by atoms with Gasteiger partial charge in [0, 0.05) is 37.4 Å². The molecule has 5 nitrogen and oxygen atoms in total. The Bertz CT molecular complexity index is 628. The van der Waals surface area contributed by atoms with E-state index < -0.39 is 10.0 Å². The predicted octanol–water partition coefficient (Wildman–Crippen LogP) is 2.38. The average Bonchev–Trinajstić information content (AvgIpc) is 2.50. The third-order valence-corrected chi connectivity index (χ3v) is 6.68. The van der Waals surface area contributed by atoms with E-state index in [2.05, 4.69) is 0 Å². The van der Waals surface area contributed by atoms with Crippen molar-refractivity contribution >= 4 is 21.6 Å². The summed E-state index contributed by atoms with van der Waals surface area (Å²) in [6, 6.07) is 5.02. The first-order valence-corrected chi connectivity index (χ1v) is 9.65. The van der Waals surface area contributed by atoms with Crippen LogP contribution < -0.4 is 0 Å². The van der Waals surface area contributed by atoms with Crippen LogP contribution in [0.4, 0.5) is 0 Å². The molecule has 0 spiro atoms. The van der Waals surface area contributed by atoms with E-state index in [-0.39, 0.29) is 6.04 Å². The maximum absolute atomic E-state index is 13.2. The first kappa shape index (κ1) is 18.7. The van der Waals surface area contributed by atoms with Crippen molar-refractivity contribution in [3.63, 3.8) is 0 Å². The van der Waals surface area contributed by atoms with Crippen LogP contribution in [0.3, 0.4) is 0 Å². The normalized spacial score (nSPS) is 17.1. The summed E-state index contributed by atoms with van der Waals surface area (Å²) in [5.74, 6) is 0. The number of ether oxygens (including phenoxy) is 1. The third-order valence-electron chi connectivity index (χ3n) is 4.17. The van der Waals surface area contributed by atoms with E-state index in [1.807, 2.05) is 19.0 Å². The Morgan fingerprint density at radius 3 is 2.48 bits per heavy atom. The fourth-order valence-corrected chi connectivity index (χ4v) is 4.92. The largest absolute Gasteiger partial charge is 0.381 e. The van der Waals surface area contributed by atoms with Crippen LogP contribution in [0.15, 0.2) is 23.1 Å². The monoisotopic (exact) mass is 360 g/mol. The van der Waals surface area contributed by atoms with Gasteiger partial charge in [-0.25, -0.2) is 8.42 Å². The Labute approximate surface area is 144 Å². The maximum atomic E-state index is 13.2. The molecule has 0 bridgehead atoms. The number of sulfonamides is 1. The van der Waals surface area contributed by atoms with Gasteiger partial charge in [0.05, 0.1) is 4.90 Å². The lowest BCUT2D eigenvalue weighted by atomic mass is 10.1. The lowest BCUT2D eigenvalue weighted by Gasteiger charge is -2.34. The van der Waals surface area contributed by atoms with Crippen LogP contribution in [0.5, 0.6) is 0 Å². The molecule has 1 aromatic rings. The first-order chi connectivity index (χ1) is 10.8. The standard InChI is InChI=1S/C16H25ClN2O3S/c1-13-15(17)5-4-6-16(13)23(20,21)19(10-9-18(2)3)14-7-11-22-12-8-14/h4-6,14H,7-12H2,1-3H3. The molecule has 130 valence electrons. The van der Waals surface area contributed by atoms with Gasteiger partial charge >= 0.3 is 0 Å². The topological polar surface area (TPSA) is 49.9 Å². The fraction of sp³-hybridized carbons (Fsp3) is 0.625. The minimum absolute atomic E-state index is 0.0212. The predicted molar refractivity (Wildman–Crippen MR) is 92.5 cm³/mol. The highest BCUT2D eigenvalue weighted by atomic mass is 35.5. The van der Waals surface area contributed by atoms with Crippen molar-refractivity contribution in [1.29, 1.82) is 0 Å². The van der Waals surface area contributed by atoms with Crippen molar-refractivity contribution in [2.24, 2.45) is 0 Å². The van der Waals surface area contributed by atoms with Crippen molar-refractivity contribution in [2.45, 2.75) is 30.7 Å². The van der Waals surface area contributed by atoms with E-state index in [0.717, 1.165) is 12.8 Å². The van der Waals surface area contributed by atoms with Crippen molar-refractivity contribution in [1.82, 2.24) is 9.21 Å². The van der Waals surface area contributed by atoms with Crippen LogP contribution in [0, 0.1) is 6.92 Å². The molecule has 0 aliphatic carbocycles. The van der Waals surface area contributed by atoms with Crippen molar-refractivity contribution in [3.8, 4) is 0 Å². The van der Waals surface area contributed by atoms with Gasteiger partial charge in [0.2, 0.25) is 10.0 Å². The highest BCUT2D eigenvalue weighted by molar-refractivity contribution is 7.89. The van der Waals surface area contributed by atoms with Gasteiger partial charge in [-0.05, 0) is 51.6 Å². The second kappa shape index (κ2) is 7.94. The van der Waals surface area contributed by atoms with Gasteiger partial charge < -0.3 is 9.64 Å². The Balaban J connectivity index is 2.36. The molecule has 0 amide bonds. The van der Waals surface area contributed by atoms with Crippen molar-refractivity contribution < 1.29 is 13.2 Å². The van der Waals surface area contributed by atoms with E-state index in [1.54, 1.807) is 29.4 Å². The summed E-state index contributed by atoms with van der Waals surface area (Å²) < 4.78 is 33.5. The Kier molecular flexibility index (Phi) is 6.45. The molecule has 0 atom stereocenters. The lowest BCUT2D eigenvalue weighted by molar-refractivity contribution is 0.0573. The number of rotatable bonds is 6. The van der Waals surface area contributed by atoms with Gasteiger partial charge in [0.25, 0.3) is 0 Å². The highest BCUT2D eigenvalue weighted by Gasteiger charge is 2.33. The summed E-state index contributed by atoms with van der Waals surface area (Å²) in [4.78, 5) is 2.29. The number of benzene rings is 1. The van der Waals surface area contributed by atoms with E-state index in [4.69, 9.17) is 16.3 Å². The van der Waals surface area contributed by atoms with Gasteiger partial charge in [0.15, 0.2) is 0 Å². The summed E-state index contributed by atoms with van der Waals surface area (Å²) in [7, 11) is 0.305. The molecule has 0 N–H and O–H groups in total. The molecule has 1 saturated heterocycles. The van der Waals surface area contributed by atoms with Crippen LogP contribution in [0.1, 0.15) is 18.4 Å². The molecule has 23 heavy (non-hydrogen) atoms. The molecular weight excluding hydrogens is 336 g/mol. The molecule has 1 aliphatic rings. The smallest absolute Gasteiger partial charge is 0.243 e. The summed E-state index contributed by atoms with van der Waals surface area (Å²) in [5, 5.41) is 0.477. The van der Waals surface area contributed by atoms with Gasteiger partial charge in [0.1, 0.15) is 0 Å². The Morgan fingerprint density at radius 2 is 1.87 bits per heavy atom. The van der Waals surface area contributed by atoms with Crippen LogP contribution in [-0.4, -0.2) is 64.1 Å². The molecule has 0 unspecified atom stereocenters. The number of halogens is 1. The molecule has 1 fully saturated rings. The lowest BCUT2D eigenvalue weighted by Crippen LogP contribution is -2.46. The SMILES string of the molecule is Cc1c(Cl)cccc1S(=O)(=O)N(CCN(C)C)C1CCOCC1. The van der Waals surface area contributed by atoms with Crippen LogP contribution in [0.2, 0.25) is 5.02 Å². The average molecular weight is 361 g/mol. The van der Waals surface area contributed by atoms with E-state index in [1.165, 1.54) is 0 Å². The molecule has 2 rings (SSSR count). The van der Waals surface area contributed by atoms with Crippen LogP contribution in [0.25, 0.3) is 0 Å². The zero-order valence-electron chi connectivity index (χ0n) is 14.0. The molecule has 7 heteroatoms. The summed E-state index contributed by atoms with van der Waals surface area (Å²) >= 11 is 6.13. The maximum Gasteiger partial charge on any atom is 0.243 e. The quantitative estimate of drug-likeness (QED) is 0.781. The highest BCUT2D eigenvalue weighted by Crippen LogP contribution is 2.28. The molecule has 1 aliphatic heterocycles. The summed E-state index contributed by atoms with van der Waals surface area (Å²) in [6.45, 7) is 4.10. The second-order valence-electron chi connectivity index (χ2n) is 6.13. The van der Waals surface area contributed by atoms with Gasteiger partial charge in [-0.15, -0.1) is 0 Å². The number of hydrogen-bond donors (Lipinski definition) is 0. The second-order valence-corrected chi connectivity index (χ2v) is 8.39. The zero-order chi connectivity index (χ0) is 17.0. The van der Waals surface area contributed by atoms with Gasteiger partial charge in [-0.2, -0.15) is 4.31 Å². The number of hydrogen-bond acceptors (Lipinski definition) is 4. The van der Waals surface area contributed by atoms with Crippen LogP contribution in [-0.2, 0) is 14.8 Å². The van der Waals surface area contributed by atoms with Gasteiger partial charge in [-0.1, -0.05) is 17.7 Å². The third kappa shape index (κ3) is 4.45. The fourth-order valence-electron chi connectivity index (χ4n) is 2.76. The molecule has 0 aromatic heterocycles. The molecule has 0 saturated carbocycles. The number of likely N-dealkylation sites (N-methyl/N-ethyl adjacent to an activating group) is 1. The van der Waals surface area contributed by atoms with Crippen LogP contribution >= 0.6 is 11.6 Å². The minimum atomic E-state index is -3.58.